The van der Waals surface area contributed by atoms with Crippen LogP contribution < -0.4 is 5.32 Å². The van der Waals surface area contributed by atoms with Crippen molar-refractivity contribution in [2.45, 2.75) is 18.4 Å². The smallest absolute Gasteiger partial charge is 0.407 e. The van der Waals surface area contributed by atoms with Crippen LogP contribution in [0.25, 0.3) is 11.1 Å². The quantitative estimate of drug-likeness (QED) is 0.537. The Morgan fingerprint density at radius 1 is 1.06 bits per heavy atom. The highest BCUT2D eigenvalue weighted by molar-refractivity contribution is 5.88. The van der Waals surface area contributed by atoms with Gasteiger partial charge in [-0.2, -0.15) is 0 Å². The molecule has 0 fully saturated rings. The topological polar surface area (TPSA) is 107 Å². The summed E-state index contributed by atoms with van der Waals surface area (Å²) in [5.41, 5.74) is 5.22. The second kappa shape index (κ2) is 9.20. The fraction of sp³-hybridized carbons (Fsp3) is 0.240. The number of fused-ring (bicyclic) bond motifs is 3. The lowest BCUT2D eigenvalue weighted by atomic mass is 9.98. The second-order valence-corrected chi connectivity index (χ2v) is 7.90. The number of nitrogens with zero attached hydrogens (tertiary/aromatic N) is 1. The summed E-state index contributed by atoms with van der Waals surface area (Å²) in [4.78, 5) is 36.0. The van der Waals surface area contributed by atoms with Crippen molar-refractivity contribution in [3.63, 3.8) is 0 Å². The molecule has 0 saturated heterocycles. The van der Waals surface area contributed by atoms with E-state index in [1.807, 2.05) is 48.5 Å². The van der Waals surface area contributed by atoms with Gasteiger partial charge in [-0.15, -0.1) is 0 Å². The normalized spacial score (nSPS) is 13.0. The number of benzene rings is 2. The Morgan fingerprint density at radius 3 is 2.24 bits per heavy atom. The van der Waals surface area contributed by atoms with Crippen LogP contribution >= 0.6 is 0 Å². The number of methoxy groups -OCH3 is 1. The molecule has 4 rings (SSSR count). The minimum atomic E-state index is -1.21. The van der Waals surface area contributed by atoms with E-state index in [0.717, 1.165) is 22.3 Å². The average Bonchev–Trinajstić information content (AvgIpc) is 3.34. The van der Waals surface area contributed by atoms with Crippen LogP contribution in [-0.2, 0) is 27.7 Å². The van der Waals surface area contributed by atoms with E-state index in [1.54, 1.807) is 23.9 Å². The molecule has 2 N–H and O–H groups in total. The van der Waals surface area contributed by atoms with Crippen molar-refractivity contribution in [2.24, 2.45) is 7.05 Å². The minimum Gasteiger partial charge on any atom is -0.480 e. The van der Waals surface area contributed by atoms with E-state index in [-0.39, 0.29) is 24.6 Å². The summed E-state index contributed by atoms with van der Waals surface area (Å²) >= 11 is 0. The second-order valence-electron chi connectivity index (χ2n) is 7.90. The molecule has 33 heavy (non-hydrogen) atoms. The zero-order valence-electron chi connectivity index (χ0n) is 18.3. The number of ether oxygens (including phenoxy) is 2. The van der Waals surface area contributed by atoms with Crippen molar-refractivity contribution < 1.29 is 29.0 Å². The van der Waals surface area contributed by atoms with E-state index in [0.29, 0.717) is 5.56 Å². The molecule has 1 unspecified atom stereocenters. The zero-order chi connectivity index (χ0) is 23.5. The largest absolute Gasteiger partial charge is 0.480 e. The van der Waals surface area contributed by atoms with Gasteiger partial charge in [-0.25, -0.2) is 14.4 Å². The lowest BCUT2D eigenvalue weighted by Crippen LogP contribution is -2.42. The molecule has 0 spiro atoms. The van der Waals surface area contributed by atoms with Crippen molar-refractivity contribution in [1.82, 2.24) is 9.88 Å². The van der Waals surface area contributed by atoms with Gasteiger partial charge in [0.1, 0.15) is 18.3 Å². The Labute approximate surface area is 190 Å². The summed E-state index contributed by atoms with van der Waals surface area (Å²) in [7, 11) is 2.93. The first kappa shape index (κ1) is 22.1. The maximum absolute atomic E-state index is 12.5. The number of nitrogens with one attached hydrogen (secondary N) is 1. The number of esters is 1. The van der Waals surface area contributed by atoms with Crippen LogP contribution in [0.2, 0.25) is 0 Å². The predicted octanol–water partition coefficient (Wildman–Crippen LogP) is 3.35. The molecule has 8 nitrogen and oxygen atoms in total. The van der Waals surface area contributed by atoms with E-state index in [4.69, 9.17) is 9.47 Å². The monoisotopic (exact) mass is 448 g/mol. The van der Waals surface area contributed by atoms with Gasteiger partial charge in [0.15, 0.2) is 0 Å². The van der Waals surface area contributed by atoms with Crippen LogP contribution in [-0.4, -0.2) is 47.5 Å². The van der Waals surface area contributed by atoms with E-state index in [1.165, 1.54) is 7.11 Å². The number of aliphatic carboxylic acids is 1. The maximum atomic E-state index is 12.5. The standard InChI is InChI=1S/C25H24N2O6/c1-27-13-15(12-22(27)24(30)32-2)11-21(23(28)29)26-25(31)33-14-20-18-9-5-3-7-16(18)17-8-4-6-10-19(17)20/h3-10,12-13,20-21H,11,14H2,1-2H3,(H,26,31)(H,28,29). The molecule has 1 aliphatic carbocycles. The average molecular weight is 448 g/mol. The van der Waals surface area contributed by atoms with Crippen LogP contribution in [0.1, 0.15) is 33.1 Å². The van der Waals surface area contributed by atoms with Gasteiger partial charge >= 0.3 is 18.0 Å². The number of carbonyl (C=O) groups is 3. The Hall–Kier alpha value is -4.07. The molecule has 3 aromatic rings. The number of carboxylic acids is 1. The highest BCUT2D eigenvalue weighted by Crippen LogP contribution is 2.44. The number of carboxylic acid groups (broad SMARTS) is 1. The van der Waals surface area contributed by atoms with Gasteiger partial charge in [-0.1, -0.05) is 48.5 Å². The molecule has 1 heterocycles. The van der Waals surface area contributed by atoms with Gasteiger partial charge < -0.3 is 24.5 Å². The molecule has 170 valence electrons. The lowest BCUT2D eigenvalue weighted by Gasteiger charge is -2.17. The number of hydrogen-bond donors (Lipinski definition) is 2. The molecule has 0 bridgehead atoms. The molecule has 2 aromatic carbocycles. The number of alkyl carbamates (subject to hydrolysis) is 1. The summed E-state index contributed by atoms with van der Waals surface area (Å²) in [6.07, 6.45) is 0.805. The van der Waals surface area contributed by atoms with Crippen LogP contribution in [0.3, 0.4) is 0 Å². The highest BCUT2D eigenvalue weighted by Gasteiger charge is 2.30. The number of aryl methyl sites for hydroxylation is 1. The summed E-state index contributed by atoms with van der Waals surface area (Å²) in [6, 6.07) is 16.3. The molecule has 0 aliphatic heterocycles. The Kier molecular flexibility index (Phi) is 6.17. The van der Waals surface area contributed by atoms with E-state index in [9.17, 15) is 19.5 Å². The number of amides is 1. The van der Waals surface area contributed by atoms with Crippen LogP contribution in [0.15, 0.2) is 60.8 Å². The number of rotatable bonds is 7. The van der Waals surface area contributed by atoms with Crippen LogP contribution in [0.4, 0.5) is 4.79 Å². The summed E-state index contributed by atoms with van der Waals surface area (Å²) in [5, 5.41) is 12.0. The Bertz CT molecular complexity index is 1170. The molecule has 1 aromatic heterocycles. The van der Waals surface area contributed by atoms with E-state index in [2.05, 4.69) is 5.32 Å². The van der Waals surface area contributed by atoms with Crippen LogP contribution in [0, 0.1) is 0 Å². The highest BCUT2D eigenvalue weighted by atomic mass is 16.5. The number of carbonyl (C=O) groups excluding carboxylic acids is 2. The predicted molar refractivity (Wildman–Crippen MR) is 120 cm³/mol. The zero-order valence-corrected chi connectivity index (χ0v) is 18.3. The minimum absolute atomic E-state index is 0.00956. The van der Waals surface area contributed by atoms with Gasteiger partial charge in [-0.3, -0.25) is 0 Å². The van der Waals surface area contributed by atoms with Gasteiger partial charge in [0.2, 0.25) is 0 Å². The van der Waals surface area contributed by atoms with E-state index < -0.39 is 24.1 Å². The SMILES string of the molecule is COC(=O)c1cc(CC(NC(=O)OCC2c3ccccc3-c3ccccc32)C(=O)O)cn1C. The Balaban J connectivity index is 1.42. The first-order valence-electron chi connectivity index (χ1n) is 10.5. The van der Waals surface area contributed by atoms with Gasteiger partial charge in [-0.05, 0) is 33.9 Å². The van der Waals surface area contributed by atoms with Crippen molar-refractivity contribution >= 4 is 18.0 Å². The van der Waals surface area contributed by atoms with Gasteiger partial charge in [0, 0.05) is 25.6 Å². The van der Waals surface area contributed by atoms with Crippen molar-refractivity contribution in [3.8, 4) is 11.1 Å². The van der Waals surface area contributed by atoms with Crippen molar-refractivity contribution in [3.05, 3.63) is 83.2 Å². The maximum Gasteiger partial charge on any atom is 0.407 e. The third-order valence-electron chi connectivity index (χ3n) is 5.83. The first-order valence-corrected chi connectivity index (χ1v) is 10.5. The molecule has 8 heteroatoms. The van der Waals surface area contributed by atoms with Crippen molar-refractivity contribution in [1.29, 1.82) is 0 Å². The van der Waals surface area contributed by atoms with Crippen LogP contribution in [0.5, 0.6) is 0 Å². The summed E-state index contributed by atoms with van der Waals surface area (Å²) in [5.74, 6) is -1.85. The van der Waals surface area contributed by atoms with Crippen molar-refractivity contribution in [2.75, 3.05) is 13.7 Å². The third kappa shape index (κ3) is 4.45. The molecule has 1 aliphatic rings. The lowest BCUT2D eigenvalue weighted by molar-refractivity contribution is -0.139. The third-order valence-corrected chi connectivity index (χ3v) is 5.83. The van der Waals surface area contributed by atoms with Gasteiger partial charge in [0.05, 0.1) is 7.11 Å². The molecule has 1 amide bonds. The first-order chi connectivity index (χ1) is 15.9. The number of hydrogen-bond acceptors (Lipinski definition) is 5. The summed E-state index contributed by atoms with van der Waals surface area (Å²) in [6.45, 7) is 0.0873. The molecule has 0 saturated carbocycles. The fourth-order valence-corrected chi connectivity index (χ4v) is 4.27. The molecule has 1 atom stereocenters. The Morgan fingerprint density at radius 2 is 1.67 bits per heavy atom. The molecular formula is C25H24N2O6. The molecular weight excluding hydrogens is 424 g/mol. The fourth-order valence-electron chi connectivity index (χ4n) is 4.27. The van der Waals surface area contributed by atoms with Gasteiger partial charge in [0.25, 0.3) is 0 Å². The molecule has 0 radical (unpaired) electrons. The van der Waals surface area contributed by atoms with E-state index >= 15 is 0 Å². The number of aromatic nitrogens is 1. The summed E-state index contributed by atoms with van der Waals surface area (Å²) < 4.78 is 11.7.